The first-order valence-corrected chi connectivity index (χ1v) is 6.33. The van der Waals surface area contributed by atoms with E-state index in [2.05, 4.69) is 5.32 Å². The van der Waals surface area contributed by atoms with Crippen LogP contribution in [0.3, 0.4) is 0 Å². The van der Waals surface area contributed by atoms with Crippen LogP contribution in [-0.4, -0.2) is 29.0 Å². The van der Waals surface area contributed by atoms with Gasteiger partial charge in [-0.2, -0.15) is 0 Å². The lowest BCUT2D eigenvalue weighted by molar-refractivity contribution is -0.139. The van der Waals surface area contributed by atoms with E-state index < -0.39 is 11.9 Å². The number of amides is 1. The van der Waals surface area contributed by atoms with Gasteiger partial charge in [0, 0.05) is 11.3 Å². The van der Waals surface area contributed by atoms with Gasteiger partial charge in [-0.3, -0.25) is 9.59 Å². The second kappa shape index (κ2) is 5.22. The van der Waals surface area contributed by atoms with Crippen molar-refractivity contribution in [1.82, 2.24) is 0 Å². The molecule has 6 heteroatoms. The number of rotatable bonds is 4. The number of carboxylic acids is 1. The van der Waals surface area contributed by atoms with Crippen molar-refractivity contribution in [1.29, 1.82) is 0 Å². The fourth-order valence-electron chi connectivity index (χ4n) is 1.79. The number of anilines is 1. The number of fused-ring (bicyclic) bond motifs is 1. The summed E-state index contributed by atoms with van der Waals surface area (Å²) in [4.78, 5) is 33.7. The number of nitrogens with one attached hydrogen (secondary N) is 1. The monoisotopic (exact) mass is 265 g/mol. The van der Waals surface area contributed by atoms with Crippen LogP contribution in [0.15, 0.2) is 23.1 Å². The lowest BCUT2D eigenvalue weighted by Crippen LogP contribution is -2.19. The Labute approximate surface area is 108 Å². The first kappa shape index (κ1) is 12.6. The highest BCUT2D eigenvalue weighted by atomic mass is 32.2. The number of aliphatic carboxylic acids is 1. The smallest absolute Gasteiger partial charge is 0.311 e. The Morgan fingerprint density at radius 3 is 3.00 bits per heavy atom. The van der Waals surface area contributed by atoms with Crippen LogP contribution in [0.1, 0.15) is 17.9 Å². The Bertz CT molecular complexity index is 515. The van der Waals surface area contributed by atoms with E-state index in [1.54, 1.807) is 18.2 Å². The summed E-state index contributed by atoms with van der Waals surface area (Å²) in [5.74, 6) is -1.65. The predicted octanol–water partition coefficient (Wildman–Crippen LogP) is 1.49. The molecule has 1 aromatic rings. The fourth-order valence-corrected chi connectivity index (χ4v) is 2.58. The molecule has 94 valence electrons. The molecule has 2 N–H and O–H groups in total. The number of hydrogen-bond donors (Lipinski definition) is 2. The Morgan fingerprint density at radius 2 is 2.33 bits per heavy atom. The third-order valence-corrected chi connectivity index (χ3v) is 3.74. The molecule has 1 aromatic carbocycles. The molecule has 1 aliphatic rings. The van der Waals surface area contributed by atoms with Crippen molar-refractivity contribution in [2.75, 3.05) is 11.1 Å². The third kappa shape index (κ3) is 2.53. The SMILES string of the molecule is O=CCC(C(=O)O)c1ccc2c(c1)NC(=O)CS2. The van der Waals surface area contributed by atoms with Crippen molar-refractivity contribution in [2.45, 2.75) is 17.2 Å². The zero-order valence-electron chi connectivity index (χ0n) is 9.38. The molecule has 0 aromatic heterocycles. The maximum Gasteiger partial charge on any atom is 0.311 e. The number of thioether (sulfide) groups is 1. The second-order valence-corrected chi connectivity index (χ2v) is 4.90. The van der Waals surface area contributed by atoms with Crippen molar-refractivity contribution in [3.63, 3.8) is 0 Å². The van der Waals surface area contributed by atoms with Gasteiger partial charge in [0.25, 0.3) is 0 Å². The van der Waals surface area contributed by atoms with Crippen LogP contribution in [0.5, 0.6) is 0 Å². The summed E-state index contributed by atoms with van der Waals surface area (Å²) in [6.45, 7) is 0. The van der Waals surface area contributed by atoms with E-state index in [1.807, 2.05) is 0 Å². The molecule has 1 atom stereocenters. The minimum absolute atomic E-state index is 0.0742. The molecule has 0 fully saturated rings. The Balaban J connectivity index is 2.34. The van der Waals surface area contributed by atoms with Gasteiger partial charge in [0.1, 0.15) is 6.29 Å². The number of hydrogen-bond acceptors (Lipinski definition) is 4. The molecule has 1 aliphatic heterocycles. The standard InChI is InChI=1S/C12H11NO4S/c14-4-3-8(12(16)17)7-1-2-10-9(5-7)13-11(15)6-18-10/h1-2,4-5,8H,3,6H2,(H,13,15)(H,16,17). The minimum Gasteiger partial charge on any atom is -0.481 e. The Kier molecular flexibility index (Phi) is 3.66. The molecule has 2 rings (SSSR count). The molecule has 0 bridgehead atoms. The quantitative estimate of drug-likeness (QED) is 0.806. The number of carbonyl (C=O) groups is 3. The molecular formula is C12H11NO4S. The van der Waals surface area contributed by atoms with Crippen LogP contribution in [0.2, 0.25) is 0 Å². The van der Waals surface area contributed by atoms with Crippen LogP contribution in [0.25, 0.3) is 0 Å². The van der Waals surface area contributed by atoms with Crippen molar-refractivity contribution < 1.29 is 19.5 Å². The molecule has 18 heavy (non-hydrogen) atoms. The van der Waals surface area contributed by atoms with Crippen LogP contribution in [0, 0.1) is 0 Å². The van der Waals surface area contributed by atoms with Gasteiger partial charge in [0.15, 0.2) is 0 Å². The van der Waals surface area contributed by atoms with Crippen LogP contribution >= 0.6 is 11.8 Å². The Morgan fingerprint density at radius 1 is 1.56 bits per heavy atom. The maximum atomic E-state index is 11.3. The lowest BCUT2D eigenvalue weighted by Gasteiger charge is -2.18. The highest BCUT2D eigenvalue weighted by Crippen LogP contribution is 2.34. The fraction of sp³-hybridized carbons (Fsp3) is 0.250. The maximum absolute atomic E-state index is 11.3. The topological polar surface area (TPSA) is 83.5 Å². The van der Waals surface area contributed by atoms with Crippen molar-refractivity contribution >= 4 is 35.6 Å². The third-order valence-electron chi connectivity index (χ3n) is 2.67. The van der Waals surface area contributed by atoms with E-state index in [-0.39, 0.29) is 12.3 Å². The molecule has 0 aliphatic carbocycles. The van der Waals surface area contributed by atoms with E-state index in [0.29, 0.717) is 23.3 Å². The van der Waals surface area contributed by atoms with Crippen molar-refractivity contribution in [3.05, 3.63) is 23.8 Å². The molecule has 0 spiro atoms. The van der Waals surface area contributed by atoms with Gasteiger partial charge < -0.3 is 15.2 Å². The summed E-state index contributed by atoms with van der Waals surface area (Å²) in [6, 6.07) is 5.09. The van der Waals surface area contributed by atoms with E-state index >= 15 is 0 Å². The second-order valence-electron chi connectivity index (χ2n) is 3.89. The van der Waals surface area contributed by atoms with Gasteiger partial charge in [0.05, 0.1) is 17.4 Å². The average Bonchev–Trinajstić information content (AvgIpc) is 2.34. The van der Waals surface area contributed by atoms with E-state index in [1.165, 1.54) is 11.8 Å². The van der Waals surface area contributed by atoms with E-state index in [0.717, 1.165) is 4.90 Å². The van der Waals surface area contributed by atoms with Crippen LogP contribution in [0.4, 0.5) is 5.69 Å². The van der Waals surface area contributed by atoms with E-state index in [4.69, 9.17) is 5.11 Å². The summed E-state index contributed by atoms with van der Waals surface area (Å²) in [7, 11) is 0. The van der Waals surface area contributed by atoms with Gasteiger partial charge in [-0.15, -0.1) is 11.8 Å². The molecule has 5 nitrogen and oxygen atoms in total. The van der Waals surface area contributed by atoms with Gasteiger partial charge in [-0.05, 0) is 17.7 Å². The zero-order valence-corrected chi connectivity index (χ0v) is 10.2. The van der Waals surface area contributed by atoms with Crippen molar-refractivity contribution in [2.24, 2.45) is 0 Å². The zero-order chi connectivity index (χ0) is 13.1. The minimum atomic E-state index is -1.04. The number of carboxylic acid groups (broad SMARTS) is 1. The molecule has 1 amide bonds. The molecular weight excluding hydrogens is 254 g/mol. The number of carbonyl (C=O) groups excluding carboxylic acids is 2. The molecule has 1 heterocycles. The molecule has 0 saturated carbocycles. The summed E-state index contributed by atoms with van der Waals surface area (Å²) >= 11 is 1.41. The summed E-state index contributed by atoms with van der Waals surface area (Å²) in [5.41, 5.74) is 1.14. The van der Waals surface area contributed by atoms with Crippen LogP contribution < -0.4 is 5.32 Å². The summed E-state index contributed by atoms with van der Waals surface area (Å²) < 4.78 is 0. The summed E-state index contributed by atoms with van der Waals surface area (Å²) in [5, 5.41) is 11.8. The Hall–Kier alpha value is -1.82. The molecule has 0 radical (unpaired) electrons. The first-order valence-electron chi connectivity index (χ1n) is 5.35. The van der Waals surface area contributed by atoms with Crippen molar-refractivity contribution in [3.8, 4) is 0 Å². The van der Waals surface area contributed by atoms with Crippen LogP contribution in [-0.2, 0) is 14.4 Å². The first-order chi connectivity index (χ1) is 8.61. The van der Waals surface area contributed by atoms with E-state index in [9.17, 15) is 14.4 Å². The highest BCUT2D eigenvalue weighted by Gasteiger charge is 2.22. The predicted molar refractivity (Wildman–Crippen MR) is 66.9 cm³/mol. The molecule has 0 saturated heterocycles. The lowest BCUT2D eigenvalue weighted by atomic mass is 9.96. The highest BCUT2D eigenvalue weighted by molar-refractivity contribution is 8.00. The normalized spacial score (nSPS) is 15.4. The van der Waals surface area contributed by atoms with Gasteiger partial charge >= 0.3 is 5.97 Å². The molecule has 1 unspecified atom stereocenters. The number of benzene rings is 1. The number of aldehydes is 1. The van der Waals surface area contributed by atoms with Gasteiger partial charge in [0.2, 0.25) is 5.91 Å². The average molecular weight is 265 g/mol. The van der Waals surface area contributed by atoms with Gasteiger partial charge in [-0.25, -0.2) is 0 Å². The van der Waals surface area contributed by atoms with Gasteiger partial charge in [-0.1, -0.05) is 6.07 Å². The largest absolute Gasteiger partial charge is 0.481 e. The summed E-state index contributed by atoms with van der Waals surface area (Å²) in [6.07, 6.45) is 0.515.